The van der Waals surface area contributed by atoms with Crippen LogP contribution in [-0.2, 0) is 4.74 Å². The smallest absolute Gasteiger partial charge is 0.0697 e. The van der Waals surface area contributed by atoms with Crippen LogP contribution < -0.4 is 5.32 Å². The Bertz CT molecular complexity index is 51.6. The van der Waals surface area contributed by atoms with Gasteiger partial charge in [-0.1, -0.05) is 6.92 Å². The molecule has 0 aliphatic heterocycles. The highest BCUT2D eigenvalue weighted by molar-refractivity contribution is 4.42. The summed E-state index contributed by atoms with van der Waals surface area (Å²) in [5.41, 5.74) is 0. The van der Waals surface area contributed by atoms with Gasteiger partial charge in [0.15, 0.2) is 0 Å². The number of hydrogen-bond donors (Lipinski definition) is 2. The number of nitrogens with one attached hydrogen (secondary N) is 1. The van der Waals surface area contributed by atoms with Crippen LogP contribution in [0.1, 0.15) is 13.3 Å². The molecule has 0 rings (SSSR count). The summed E-state index contributed by atoms with van der Waals surface area (Å²) >= 11 is 0. The summed E-state index contributed by atoms with van der Waals surface area (Å²) in [5, 5.41) is 11.5. The van der Waals surface area contributed by atoms with E-state index in [2.05, 4.69) is 12.2 Å². The van der Waals surface area contributed by atoms with Crippen molar-refractivity contribution < 1.29 is 9.84 Å². The van der Waals surface area contributed by atoms with Crippen molar-refractivity contribution in [2.75, 3.05) is 32.9 Å². The highest BCUT2D eigenvalue weighted by Gasteiger charge is 1.85. The second kappa shape index (κ2) is 8.88. The largest absolute Gasteiger partial charge is 0.394 e. The first-order valence-corrected chi connectivity index (χ1v) is 3.81. The van der Waals surface area contributed by atoms with Crippen molar-refractivity contribution in [3.8, 4) is 0 Å². The molecule has 0 saturated carbocycles. The van der Waals surface area contributed by atoms with E-state index in [1.807, 2.05) is 0 Å². The molecule has 0 aromatic carbocycles. The van der Waals surface area contributed by atoms with Gasteiger partial charge in [0.1, 0.15) is 0 Å². The summed E-state index contributed by atoms with van der Waals surface area (Å²) in [6.07, 6.45) is 1.02. The predicted octanol–water partition coefficient (Wildman–Crippen LogP) is -0.00510. The Morgan fingerprint density at radius 2 is 2.20 bits per heavy atom. The summed E-state index contributed by atoms with van der Waals surface area (Å²) in [7, 11) is 0. The van der Waals surface area contributed by atoms with Crippen molar-refractivity contribution in [1.29, 1.82) is 0 Å². The molecule has 3 nitrogen and oxygen atoms in total. The number of ether oxygens (including phenoxy) is 1. The van der Waals surface area contributed by atoms with Crippen molar-refractivity contribution in [2.45, 2.75) is 13.3 Å². The normalized spacial score (nSPS) is 10.2. The molecule has 0 fully saturated rings. The average molecular weight is 147 g/mol. The average Bonchev–Trinajstić information content (AvgIpc) is 1.97. The van der Waals surface area contributed by atoms with Gasteiger partial charge in [-0.2, -0.15) is 0 Å². The van der Waals surface area contributed by atoms with Gasteiger partial charge in [-0.15, -0.1) is 0 Å². The molecule has 0 aliphatic rings. The summed E-state index contributed by atoms with van der Waals surface area (Å²) in [4.78, 5) is 0. The zero-order valence-electron chi connectivity index (χ0n) is 6.60. The molecule has 10 heavy (non-hydrogen) atoms. The Hall–Kier alpha value is -0.120. The Morgan fingerprint density at radius 3 is 2.80 bits per heavy atom. The van der Waals surface area contributed by atoms with Crippen LogP contribution in [0, 0.1) is 0 Å². The van der Waals surface area contributed by atoms with E-state index >= 15 is 0 Å². The van der Waals surface area contributed by atoms with Crippen molar-refractivity contribution in [2.24, 2.45) is 0 Å². The minimum absolute atomic E-state index is 0.126. The molecule has 0 amide bonds. The fourth-order valence-corrected chi connectivity index (χ4v) is 0.643. The molecular formula is C7H17NO2. The lowest BCUT2D eigenvalue weighted by Gasteiger charge is -2.01. The van der Waals surface area contributed by atoms with Gasteiger partial charge < -0.3 is 15.2 Å². The molecular weight excluding hydrogens is 130 g/mol. The third kappa shape index (κ3) is 7.88. The molecule has 0 atom stereocenters. The third-order valence-corrected chi connectivity index (χ3v) is 1.13. The fourth-order valence-electron chi connectivity index (χ4n) is 0.643. The lowest BCUT2D eigenvalue weighted by atomic mass is 10.4. The van der Waals surface area contributed by atoms with E-state index in [1.165, 1.54) is 0 Å². The second-order valence-corrected chi connectivity index (χ2v) is 2.04. The van der Waals surface area contributed by atoms with Crippen LogP contribution in [0.5, 0.6) is 0 Å². The zero-order valence-corrected chi connectivity index (χ0v) is 6.60. The Labute approximate surface area is 62.4 Å². The first kappa shape index (κ1) is 9.88. The quantitative estimate of drug-likeness (QED) is 0.498. The van der Waals surface area contributed by atoms with E-state index < -0.39 is 0 Å². The standard InChI is InChI=1S/C7H17NO2/c1-2-8-4-3-6-10-7-5-9/h8-9H,2-7H2,1H3. The van der Waals surface area contributed by atoms with Crippen LogP contribution in [0.25, 0.3) is 0 Å². The predicted molar refractivity (Wildman–Crippen MR) is 41.1 cm³/mol. The summed E-state index contributed by atoms with van der Waals surface area (Å²) in [6.45, 7) is 5.43. The van der Waals surface area contributed by atoms with Crippen LogP contribution in [-0.4, -0.2) is 38.0 Å². The molecule has 0 aliphatic carbocycles. The zero-order chi connectivity index (χ0) is 7.66. The molecule has 2 N–H and O–H groups in total. The summed E-state index contributed by atoms with van der Waals surface area (Å²) in [6, 6.07) is 0. The van der Waals surface area contributed by atoms with Gasteiger partial charge >= 0.3 is 0 Å². The lowest BCUT2D eigenvalue weighted by molar-refractivity contribution is 0.0908. The van der Waals surface area contributed by atoms with Crippen molar-refractivity contribution >= 4 is 0 Å². The monoisotopic (exact) mass is 147 g/mol. The lowest BCUT2D eigenvalue weighted by Crippen LogP contribution is -2.16. The van der Waals surface area contributed by atoms with E-state index in [1.54, 1.807) is 0 Å². The van der Waals surface area contributed by atoms with E-state index in [-0.39, 0.29) is 6.61 Å². The van der Waals surface area contributed by atoms with Gasteiger partial charge in [0.05, 0.1) is 13.2 Å². The highest BCUT2D eigenvalue weighted by atomic mass is 16.5. The van der Waals surface area contributed by atoms with Gasteiger partial charge in [-0.3, -0.25) is 0 Å². The van der Waals surface area contributed by atoms with Gasteiger partial charge in [0.2, 0.25) is 0 Å². The molecule has 0 aromatic rings. The first-order valence-electron chi connectivity index (χ1n) is 3.81. The van der Waals surface area contributed by atoms with Gasteiger partial charge in [0, 0.05) is 6.61 Å². The Kier molecular flexibility index (Phi) is 8.77. The number of hydrogen-bond acceptors (Lipinski definition) is 3. The van der Waals surface area contributed by atoms with E-state index in [9.17, 15) is 0 Å². The van der Waals surface area contributed by atoms with E-state index in [0.717, 1.165) is 26.1 Å². The Balaban J connectivity index is 2.65. The molecule has 0 saturated heterocycles. The minimum atomic E-state index is 0.126. The number of aliphatic hydroxyl groups excluding tert-OH is 1. The van der Waals surface area contributed by atoms with Crippen LogP contribution in [0.4, 0.5) is 0 Å². The van der Waals surface area contributed by atoms with Crippen LogP contribution >= 0.6 is 0 Å². The van der Waals surface area contributed by atoms with Crippen molar-refractivity contribution in [1.82, 2.24) is 5.32 Å². The molecule has 0 bridgehead atoms. The minimum Gasteiger partial charge on any atom is -0.394 e. The molecule has 0 spiro atoms. The van der Waals surface area contributed by atoms with Crippen LogP contribution in [0.15, 0.2) is 0 Å². The molecule has 62 valence electrons. The number of rotatable bonds is 7. The van der Waals surface area contributed by atoms with Crippen LogP contribution in [0.3, 0.4) is 0 Å². The molecule has 0 radical (unpaired) electrons. The highest BCUT2D eigenvalue weighted by Crippen LogP contribution is 1.79. The molecule has 3 heteroatoms. The number of aliphatic hydroxyl groups is 1. The second-order valence-electron chi connectivity index (χ2n) is 2.04. The first-order chi connectivity index (χ1) is 4.91. The third-order valence-electron chi connectivity index (χ3n) is 1.13. The van der Waals surface area contributed by atoms with E-state index in [0.29, 0.717) is 6.61 Å². The van der Waals surface area contributed by atoms with Crippen molar-refractivity contribution in [3.05, 3.63) is 0 Å². The maximum Gasteiger partial charge on any atom is 0.0697 e. The maximum atomic E-state index is 8.33. The molecule has 0 heterocycles. The molecule has 0 aromatic heterocycles. The van der Waals surface area contributed by atoms with Crippen molar-refractivity contribution in [3.63, 3.8) is 0 Å². The SMILES string of the molecule is CCNCCCOCCO. The fraction of sp³-hybridized carbons (Fsp3) is 1.00. The van der Waals surface area contributed by atoms with E-state index in [4.69, 9.17) is 9.84 Å². The van der Waals surface area contributed by atoms with Gasteiger partial charge in [-0.25, -0.2) is 0 Å². The Morgan fingerprint density at radius 1 is 1.40 bits per heavy atom. The van der Waals surface area contributed by atoms with Crippen LogP contribution in [0.2, 0.25) is 0 Å². The summed E-state index contributed by atoms with van der Waals surface area (Å²) < 4.78 is 5.04. The summed E-state index contributed by atoms with van der Waals surface area (Å²) in [5.74, 6) is 0. The van der Waals surface area contributed by atoms with Gasteiger partial charge in [-0.05, 0) is 19.5 Å². The topological polar surface area (TPSA) is 41.5 Å². The van der Waals surface area contributed by atoms with Gasteiger partial charge in [0.25, 0.3) is 0 Å². The molecule has 0 unspecified atom stereocenters. The maximum absolute atomic E-state index is 8.33.